The molecule has 0 fully saturated rings. The maximum Gasteiger partial charge on any atom is 0.252 e. The molecule has 0 radical (unpaired) electrons. The number of benzene rings is 2. The highest BCUT2D eigenvalue weighted by molar-refractivity contribution is 5.99. The standard InChI is InChI=1S/C36H42N8O7/c1-22-32-41-30(20-24-8-11-28(49-4)29(19-24)50-5)43-44(32)21-31(45)38-16-17-51-26-9-6-23(7-10-26)18-27(34(47)42-36(2,3)35(48)39-22)40-33(46)25-12-14-37-15-13-25/h6-15,19,22,27H,16-18,20-21H2,1-5H3,(H,38,45)(H,39,48)(H,40,46)(H,42,47)/t22-,27+/m1/s1. The highest BCUT2D eigenvalue weighted by Crippen LogP contribution is 2.28. The molecule has 2 aromatic heterocycles. The van der Waals surface area contributed by atoms with Gasteiger partial charge in [-0.2, -0.15) is 5.10 Å². The Morgan fingerprint density at radius 3 is 2.45 bits per heavy atom. The quantitative estimate of drug-likeness (QED) is 0.232. The number of amides is 4. The van der Waals surface area contributed by atoms with Gasteiger partial charge in [0.1, 0.15) is 36.3 Å². The molecule has 2 aliphatic rings. The van der Waals surface area contributed by atoms with Crippen molar-refractivity contribution >= 4 is 23.6 Å². The zero-order valence-electron chi connectivity index (χ0n) is 29.2. The number of nitrogens with one attached hydrogen (secondary N) is 4. The van der Waals surface area contributed by atoms with Gasteiger partial charge in [0.2, 0.25) is 17.7 Å². The molecular weight excluding hydrogens is 656 g/mol. The average Bonchev–Trinajstić information content (AvgIpc) is 3.51. The fraction of sp³-hybridized carbons (Fsp3) is 0.361. The number of hydrogen-bond donors (Lipinski definition) is 4. The Hall–Kier alpha value is -5.99. The Morgan fingerprint density at radius 1 is 1.02 bits per heavy atom. The topological polar surface area (TPSA) is 188 Å². The first-order chi connectivity index (χ1) is 24.4. The second-order valence-electron chi connectivity index (χ2n) is 12.5. The van der Waals surface area contributed by atoms with E-state index in [0.717, 1.165) is 11.1 Å². The second kappa shape index (κ2) is 16.1. The van der Waals surface area contributed by atoms with Crippen LogP contribution in [0.4, 0.5) is 0 Å². The molecule has 0 aliphatic carbocycles. The Morgan fingerprint density at radius 2 is 1.75 bits per heavy atom. The van der Waals surface area contributed by atoms with Gasteiger partial charge in [-0.05, 0) is 68.3 Å². The molecule has 15 heteroatoms. The van der Waals surface area contributed by atoms with E-state index in [0.29, 0.717) is 40.9 Å². The van der Waals surface area contributed by atoms with Crippen molar-refractivity contribution in [3.63, 3.8) is 0 Å². The lowest BCUT2D eigenvalue weighted by Gasteiger charge is -2.29. The van der Waals surface area contributed by atoms with Crippen molar-refractivity contribution in [2.75, 3.05) is 27.4 Å². The fourth-order valence-corrected chi connectivity index (χ4v) is 5.44. The maximum atomic E-state index is 13.8. The van der Waals surface area contributed by atoms with Crippen molar-refractivity contribution in [3.8, 4) is 17.2 Å². The van der Waals surface area contributed by atoms with Crippen molar-refractivity contribution in [1.82, 2.24) is 41.0 Å². The van der Waals surface area contributed by atoms with Crippen LogP contribution in [0.15, 0.2) is 67.0 Å². The van der Waals surface area contributed by atoms with Crippen molar-refractivity contribution in [3.05, 3.63) is 95.3 Å². The summed E-state index contributed by atoms with van der Waals surface area (Å²) in [6, 6.07) is 13.9. The number of methoxy groups -OCH3 is 2. The van der Waals surface area contributed by atoms with Gasteiger partial charge in [0, 0.05) is 30.8 Å². The molecule has 15 nitrogen and oxygen atoms in total. The molecular formula is C36H42N8O7. The van der Waals surface area contributed by atoms with Gasteiger partial charge in [0.25, 0.3) is 5.91 Å². The minimum atomic E-state index is -1.42. The lowest BCUT2D eigenvalue weighted by atomic mass is 10.00. The molecule has 268 valence electrons. The number of ether oxygens (including phenoxy) is 3. The molecule has 51 heavy (non-hydrogen) atoms. The van der Waals surface area contributed by atoms with E-state index in [9.17, 15) is 19.2 Å². The molecule has 2 aromatic carbocycles. The molecule has 4 amide bonds. The number of pyridine rings is 1. The van der Waals surface area contributed by atoms with Crippen LogP contribution < -0.4 is 35.5 Å². The van der Waals surface area contributed by atoms with Gasteiger partial charge in [-0.15, -0.1) is 0 Å². The minimum Gasteiger partial charge on any atom is -0.493 e. The predicted molar refractivity (Wildman–Crippen MR) is 185 cm³/mol. The molecule has 2 bridgehead atoms. The summed E-state index contributed by atoms with van der Waals surface area (Å²) < 4.78 is 18.0. The van der Waals surface area contributed by atoms with E-state index in [1.165, 1.54) is 17.1 Å². The molecule has 2 atom stereocenters. The smallest absolute Gasteiger partial charge is 0.252 e. The highest BCUT2D eigenvalue weighted by Gasteiger charge is 2.35. The van der Waals surface area contributed by atoms with Crippen LogP contribution in [0.3, 0.4) is 0 Å². The van der Waals surface area contributed by atoms with Crippen LogP contribution in [0, 0.1) is 0 Å². The van der Waals surface area contributed by atoms with Crippen molar-refractivity contribution < 1.29 is 33.4 Å². The molecule has 0 saturated carbocycles. The molecule has 4 aromatic rings. The third kappa shape index (κ3) is 9.38. The largest absolute Gasteiger partial charge is 0.493 e. The van der Waals surface area contributed by atoms with Crippen LogP contribution in [-0.2, 0) is 33.8 Å². The van der Waals surface area contributed by atoms with Crippen LogP contribution in [-0.4, -0.2) is 82.3 Å². The van der Waals surface area contributed by atoms with E-state index >= 15 is 0 Å². The summed E-state index contributed by atoms with van der Waals surface area (Å²) in [5.74, 6) is 0.580. The molecule has 4 heterocycles. The summed E-state index contributed by atoms with van der Waals surface area (Å²) in [6.07, 6.45) is 3.42. The van der Waals surface area contributed by atoms with Gasteiger partial charge in [0.05, 0.1) is 26.8 Å². The monoisotopic (exact) mass is 698 g/mol. The molecule has 6 rings (SSSR count). The lowest BCUT2D eigenvalue weighted by molar-refractivity contribution is -0.133. The average molecular weight is 699 g/mol. The Labute approximate surface area is 295 Å². The number of rotatable bonds is 6. The van der Waals surface area contributed by atoms with Crippen molar-refractivity contribution in [2.45, 2.75) is 57.8 Å². The normalized spacial score (nSPS) is 18.3. The zero-order valence-corrected chi connectivity index (χ0v) is 29.2. The van der Waals surface area contributed by atoms with E-state index in [-0.39, 0.29) is 32.0 Å². The van der Waals surface area contributed by atoms with E-state index < -0.39 is 35.3 Å². The first-order valence-corrected chi connectivity index (χ1v) is 16.4. The van der Waals surface area contributed by atoms with Crippen LogP contribution in [0.25, 0.3) is 0 Å². The van der Waals surface area contributed by atoms with Crippen LogP contribution >= 0.6 is 0 Å². The Kier molecular flexibility index (Phi) is 11.5. The zero-order chi connectivity index (χ0) is 36.5. The van der Waals surface area contributed by atoms with Gasteiger partial charge in [0.15, 0.2) is 17.3 Å². The van der Waals surface area contributed by atoms with Gasteiger partial charge in [-0.1, -0.05) is 18.2 Å². The van der Waals surface area contributed by atoms with Gasteiger partial charge in [-0.25, -0.2) is 9.67 Å². The summed E-state index contributed by atoms with van der Waals surface area (Å²) >= 11 is 0. The minimum absolute atomic E-state index is 0.138. The second-order valence-corrected chi connectivity index (χ2v) is 12.5. The van der Waals surface area contributed by atoms with E-state index in [2.05, 4.69) is 31.3 Å². The number of nitrogens with zero attached hydrogens (tertiary/aromatic N) is 4. The number of hydrogen-bond acceptors (Lipinski definition) is 10. The number of carbonyl (C=O) groups is 4. The van der Waals surface area contributed by atoms with Crippen LogP contribution in [0.1, 0.15) is 59.9 Å². The predicted octanol–water partition coefficient (Wildman–Crippen LogP) is 1.90. The SMILES string of the molecule is COc1ccc(Cc2nc3n(n2)CC(=O)NCCOc2ccc(cc2)C[C@H](NC(=O)c2ccncc2)C(=O)NC(C)(C)C(=O)N[C@@H]3C)cc1OC. The Balaban J connectivity index is 1.42. The first kappa shape index (κ1) is 36.3. The lowest BCUT2D eigenvalue weighted by Crippen LogP contribution is -2.59. The summed E-state index contributed by atoms with van der Waals surface area (Å²) in [5.41, 5.74) is 0.503. The summed E-state index contributed by atoms with van der Waals surface area (Å²) in [5, 5.41) is 16.0. The van der Waals surface area contributed by atoms with Crippen LogP contribution in [0.2, 0.25) is 0 Å². The third-order valence-electron chi connectivity index (χ3n) is 8.21. The third-order valence-corrected chi connectivity index (χ3v) is 8.21. The summed E-state index contributed by atoms with van der Waals surface area (Å²) in [4.78, 5) is 62.3. The Bertz CT molecular complexity index is 1860. The molecule has 0 unspecified atom stereocenters. The first-order valence-electron chi connectivity index (χ1n) is 16.4. The molecule has 0 saturated heterocycles. The molecule has 2 aliphatic heterocycles. The van der Waals surface area contributed by atoms with Gasteiger partial charge < -0.3 is 35.5 Å². The summed E-state index contributed by atoms with van der Waals surface area (Å²) in [7, 11) is 3.10. The van der Waals surface area contributed by atoms with Crippen molar-refractivity contribution in [1.29, 1.82) is 0 Å². The van der Waals surface area contributed by atoms with E-state index in [1.54, 1.807) is 77.5 Å². The fourth-order valence-electron chi connectivity index (χ4n) is 5.44. The van der Waals surface area contributed by atoms with Crippen LogP contribution in [0.5, 0.6) is 17.2 Å². The summed E-state index contributed by atoms with van der Waals surface area (Å²) in [6.45, 7) is 5.11. The van der Waals surface area contributed by atoms with Gasteiger partial charge >= 0.3 is 0 Å². The number of carbonyl (C=O) groups excluding carboxylic acids is 4. The molecule has 0 spiro atoms. The van der Waals surface area contributed by atoms with E-state index in [1.807, 2.05) is 12.1 Å². The number of fused-ring (bicyclic) bond motifs is 14. The maximum absolute atomic E-state index is 13.8. The number of aromatic nitrogens is 4. The van der Waals surface area contributed by atoms with E-state index in [4.69, 9.17) is 19.2 Å². The highest BCUT2D eigenvalue weighted by atomic mass is 16.5. The van der Waals surface area contributed by atoms with Gasteiger partial charge in [-0.3, -0.25) is 24.2 Å². The van der Waals surface area contributed by atoms with Crippen molar-refractivity contribution in [2.24, 2.45) is 0 Å². The molecule has 4 N–H and O–H groups in total.